The molecule has 64 valence electrons. The Labute approximate surface area is 80.4 Å². The van der Waals surface area contributed by atoms with E-state index >= 15 is 0 Å². The highest BCUT2D eigenvalue weighted by molar-refractivity contribution is 9.12. The molecule has 1 aliphatic carbocycles. The summed E-state index contributed by atoms with van der Waals surface area (Å²) in [6.07, 6.45) is 2.74. The Morgan fingerprint density at radius 1 is 1.33 bits per heavy atom. The number of nitrogens with zero attached hydrogens (tertiary/aromatic N) is 1. The van der Waals surface area contributed by atoms with Crippen molar-refractivity contribution in [1.82, 2.24) is 4.90 Å². The molecule has 1 saturated heterocycles. The van der Waals surface area contributed by atoms with Gasteiger partial charge in [0, 0.05) is 34.9 Å². The number of carbonyl (C=O) groups excluding carboxylic acids is 1. The smallest absolute Gasteiger partial charge is 0.299 e. The average molecular weight is 228 g/mol. The first-order chi connectivity index (χ1) is 5.81. The van der Waals surface area contributed by atoms with Gasteiger partial charge in [-0.1, -0.05) is 0 Å². The van der Waals surface area contributed by atoms with Crippen molar-refractivity contribution in [3.63, 3.8) is 0 Å². The Bertz CT molecular complexity index is 255. The molecule has 3 heteroatoms. The molecule has 2 rings (SSSR count). The molecule has 0 bridgehead atoms. The zero-order valence-corrected chi connectivity index (χ0v) is 8.30. The molecular weight excluding hydrogens is 218 g/mol. The molecule has 0 N–H and O–H groups in total. The summed E-state index contributed by atoms with van der Waals surface area (Å²) in [4.78, 5) is 15.4. The molecule has 0 radical (unpaired) electrons. The van der Waals surface area contributed by atoms with Crippen molar-refractivity contribution in [3.8, 4) is 10.8 Å². The minimum absolute atomic E-state index is 0.0382. The van der Waals surface area contributed by atoms with Crippen LogP contribution in [0.4, 0.5) is 0 Å². The van der Waals surface area contributed by atoms with Crippen molar-refractivity contribution < 1.29 is 4.79 Å². The maximum absolute atomic E-state index is 11.1. The third kappa shape index (κ3) is 1.49. The second-order valence-electron chi connectivity index (χ2n) is 3.53. The minimum atomic E-state index is -0.0382. The molecule has 12 heavy (non-hydrogen) atoms. The Balaban J connectivity index is 1.78. The van der Waals surface area contributed by atoms with Crippen molar-refractivity contribution in [1.29, 1.82) is 0 Å². The van der Waals surface area contributed by atoms with Crippen molar-refractivity contribution in [2.45, 2.75) is 12.8 Å². The standard InChI is InChI=1S/C9H10BrNO/c10-4-3-9(12)11-5-8(6-11)7-1-2-7/h7-8H,1-2,5-6H2. The lowest BCUT2D eigenvalue weighted by molar-refractivity contribution is -0.131. The normalized spacial score (nSPS) is 22.6. The zero-order valence-electron chi connectivity index (χ0n) is 6.72. The largest absolute Gasteiger partial charge is 0.331 e. The second-order valence-corrected chi connectivity index (χ2v) is 3.92. The first-order valence-electron chi connectivity index (χ1n) is 4.22. The summed E-state index contributed by atoms with van der Waals surface area (Å²) < 4.78 is 0. The van der Waals surface area contributed by atoms with Gasteiger partial charge in [-0.05, 0) is 29.5 Å². The molecule has 2 aliphatic rings. The molecule has 2 fully saturated rings. The van der Waals surface area contributed by atoms with Crippen LogP contribution in [0.15, 0.2) is 0 Å². The van der Waals surface area contributed by atoms with Crippen molar-refractivity contribution in [2.24, 2.45) is 11.8 Å². The first kappa shape index (κ1) is 8.12. The number of hydrogen-bond donors (Lipinski definition) is 0. The van der Waals surface area contributed by atoms with Crippen molar-refractivity contribution in [3.05, 3.63) is 0 Å². The fourth-order valence-electron chi connectivity index (χ4n) is 1.66. The molecule has 1 saturated carbocycles. The molecule has 1 aliphatic heterocycles. The van der Waals surface area contributed by atoms with Gasteiger partial charge in [-0.2, -0.15) is 0 Å². The molecular formula is C9H10BrNO. The monoisotopic (exact) mass is 227 g/mol. The molecule has 0 atom stereocenters. The number of rotatable bonds is 1. The van der Waals surface area contributed by atoms with Crippen LogP contribution in [-0.4, -0.2) is 23.9 Å². The highest BCUT2D eigenvalue weighted by atomic mass is 79.9. The Morgan fingerprint density at radius 2 is 2.00 bits per heavy atom. The van der Waals surface area contributed by atoms with Crippen molar-refractivity contribution in [2.75, 3.05) is 13.1 Å². The SMILES string of the molecule is O=C(C#CBr)N1CC(C2CC2)C1. The Morgan fingerprint density at radius 3 is 2.50 bits per heavy atom. The molecule has 0 unspecified atom stereocenters. The van der Waals surface area contributed by atoms with Crippen LogP contribution < -0.4 is 0 Å². The number of amides is 1. The van der Waals surface area contributed by atoms with Gasteiger partial charge in [-0.3, -0.25) is 4.79 Å². The lowest BCUT2D eigenvalue weighted by Gasteiger charge is -2.38. The first-order valence-corrected chi connectivity index (χ1v) is 5.01. The van der Waals surface area contributed by atoms with Gasteiger partial charge in [0.2, 0.25) is 0 Å². The number of hydrogen-bond acceptors (Lipinski definition) is 1. The lowest BCUT2D eigenvalue weighted by atomic mass is 9.95. The summed E-state index contributed by atoms with van der Waals surface area (Å²) in [5, 5.41) is 0. The fourth-order valence-corrected chi connectivity index (χ4v) is 1.83. The Hall–Kier alpha value is -0.490. The summed E-state index contributed by atoms with van der Waals surface area (Å²) in [5.41, 5.74) is 0. The van der Waals surface area contributed by atoms with Crippen LogP contribution in [-0.2, 0) is 4.79 Å². The molecule has 0 aromatic heterocycles. The van der Waals surface area contributed by atoms with E-state index in [-0.39, 0.29) is 5.91 Å². The van der Waals surface area contributed by atoms with Gasteiger partial charge in [0.1, 0.15) is 0 Å². The van der Waals surface area contributed by atoms with Crippen LogP contribution in [0.2, 0.25) is 0 Å². The summed E-state index contributed by atoms with van der Waals surface area (Å²) in [5.74, 6) is 4.15. The third-order valence-electron chi connectivity index (χ3n) is 2.64. The van der Waals surface area contributed by atoms with Gasteiger partial charge >= 0.3 is 0 Å². The quantitative estimate of drug-likeness (QED) is 0.618. The van der Waals surface area contributed by atoms with E-state index in [0.717, 1.165) is 24.9 Å². The topological polar surface area (TPSA) is 20.3 Å². The van der Waals surface area contributed by atoms with Crippen LogP contribution in [0, 0.1) is 22.6 Å². The highest BCUT2D eigenvalue weighted by Gasteiger charge is 2.40. The van der Waals surface area contributed by atoms with Crippen LogP contribution in [0.3, 0.4) is 0 Å². The lowest BCUT2D eigenvalue weighted by Crippen LogP contribution is -2.50. The highest BCUT2D eigenvalue weighted by Crippen LogP contribution is 2.41. The van der Waals surface area contributed by atoms with Crippen LogP contribution >= 0.6 is 15.9 Å². The minimum Gasteiger partial charge on any atom is -0.331 e. The van der Waals surface area contributed by atoms with E-state index in [1.54, 1.807) is 0 Å². The van der Waals surface area contributed by atoms with Gasteiger partial charge < -0.3 is 4.90 Å². The van der Waals surface area contributed by atoms with E-state index in [0.29, 0.717) is 0 Å². The van der Waals surface area contributed by atoms with E-state index in [1.807, 2.05) is 4.90 Å². The predicted octanol–water partition coefficient (Wildman–Crippen LogP) is 1.21. The van der Waals surface area contributed by atoms with Gasteiger partial charge in [-0.25, -0.2) is 0 Å². The predicted molar refractivity (Wildman–Crippen MR) is 49.5 cm³/mol. The van der Waals surface area contributed by atoms with Gasteiger partial charge in [0.05, 0.1) is 0 Å². The molecule has 1 heterocycles. The van der Waals surface area contributed by atoms with Crippen LogP contribution in [0.1, 0.15) is 12.8 Å². The maximum atomic E-state index is 11.1. The number of carbonyl (C=O) groups is 1. The number of likely N-dealkylation sites (tertiary alicyclic amines) is 1. The Kier molecular flexibility index (Phi) is 2.10. The second kappa shape index (κ2) is 3.10. The summed E-state index contributed by atoms with van der Waals surface area (Å²) >= 11 is 2.92. The van der Waals surface area contributed by atoms with E-state index in [2.05, 4.69) is 26.7 Å². The van der Waals surface area contributed by atoms with Gasteiger partial charge in [-0.15, -0.1) is 0 Å². The van der Waals surface area contributed by atoms with Crippen LogP contribution in [0.5, 0.6) is 0 Å². The molecule has 2 nitrogen and oxygen atoms in total. The fraction of sp³-hybridized carbons (Fsp3) is 0.667. The van der Waals surface area contributed by atoms with E-state index in [4.69, 9.17) is 0 Å². The van der Waals surface area contributed by atoms with E-state index in [1.165, 1.54) is 12.8 Å². The van der Waals surface area contributed by atoms with Gasteiger partial charge in [0.15, 0.2) is 0 Å². The average Bonchev–Trinajstić information content (AvgIpc) is 2.68. The summed E-state index contributed by atoms with van der Waals surface area (Å²) in [7, 11) is 0. The zero-order chi connectivity index (χ0) is 8.55. The number of halogens is 1. The van der Waals surface area contributed by atoms with E-state index in [9.17, 15) is 4.79 Å². The molecule has 0 aromatic rings. The van der Waals surface area contributed by atoms with E-state index < -0.39 is 0 Å². The summed E-state index contributed by atoms with van der Waals surface area (Å²) in [6, 6.07) is 0. The molecule has 0 spiro atoms. The molecule has 0 aromatic carbocycles. The maximum Gasteiger partial charge on any atom is 0.299 e. The van der Waals surface area contributed by atoms with Crippen molar-refractivity contribution >= 4 is 21.8 Å². The summed E-state index contributed by atoms with van der Waals surface area (Å²) in [6.45, 7) is 1.87. The molecule has 1 amide bonds. The van der Waals surface area contributed by atoms with Gasteiger partial charge in [0.25, 0.3) is 5.91 Å². The van der Waals surface area contributed by atoms with Crippen LogP contribution in [0.25, 0.3) is 0 Å². The third-order valence-corrected chi connectivity index (χ3v) is 2.84.